The lowest BCUT2D eigenvalue weighted by molar-refractivity contribution is -0.144. The second-order valence-corrected chi connectivity index (χ2v) is 5.79. The molecule has 4 rings (SSSR count). The molecular weight excluding hydrogens is 244 g/mol. The first-order chi connectivity index (χ1) is 9.09. The maximum absolute atomic E-state index is 12.5. The Bertz CT molecular complexity index is 619. The van der Waals surface area contributed by atoms with Gasteiger partial charge < -0.3 is 9.47 Å². The molecule has 1 fully saturated rings. The van der Waals surface area contributed by atoms with Gasteiger partial charge in [0.1, 0.15) is 5.78 Å². The number of hydrogen-bond acceptors (Lipinski definition) is 4. The van der Waals surface area contributed by atoms with Crippen molar-refractivity contribution in [1.29, 1.82) is 0 Å². The van der Waals surface area contributed by atoms with Crippen molar-refractivity contribution in [2.75, 3.05) is 6.79 Å². The minimum atomic E-state index is -0.830. The standard InChI is InChI=1S/C15H14O4/c1-15-6-8-4-11-12(19-7-18-11)5-10(8)9(14(15)17)2-3-13(15)16/h4-5,9H,2-3,6-7H2,1H3/t9-,15-/m0/s1. The molecule has 3 aliphatic rings. The average molecular weight is 258 g/mol. The summed E-state index contributed by atoms with van der Waals surface area (Å²) >= 11 is 0. The molecular formula is C15H14O4. The van der Waals surface area contributed by atoms with Crippen LogP contribution in [-0.2, 0) is 16.0 Å². The second-order valence-electron chi connectivity index (χ2n) is 5.79. The maximum atomic E-state index is 12.5. The van der Waals surface area contributed by atoms with E-state index in [2.05, 4.69) is 0 Å². The SMILES string of the molecule is C[C@]12Cc3cc4c(cc3[C@H](CCC1=O)C2=O)OCO4. The molecule has 1 aliphatic heterocycles. The van der Waals surface area contributed by atoms with Crippen LogP contribution in [0.15, 0.2) is 12.1 Å². The minimum absolute atomic E-state index is 0.0788. The van der Waals surface area contributed by atoms with Crippen molar-refractivity contribution < 1.29 is 19.1 Å². The Balaban J connectivity index is 1.91. The van der Waals surface area contributed by atoms with E-state index in [1.54, 1.807) is 6.92 Å². The molecule has 2 atom stereocenters. The Kier molecular flexibility index (Phi) is 1.96. The molecule has 2 bridgehead atoms. The quantitative estimate of drug-likeness (QED) is 0.668. The van der Waals surface area contributed by atoms with Gasteiger partial charge >= 0.3 is 0 Å². The van der Waals surface area contributed by atoms with E-state index in [-0.39, 0.29) is 24.3 Å². The third-order valence-corrected chi connectivity index (χ3v) is 4.69. The van der Waals surface area contributed by atoms with Crippen LogP contribution in [0, 0.1) is 5.41 Å². The van der Waals surface area contributed by atoms with E-state index in [0.717, 1.165) is 16.9 Å². The van der Waals surface area contributed by atoms with Crippen LogP contribution in [0.4, 0.5) is 0 Å². The fraction of sp³-hybridized carbons (Fsp3) is 0.467. The molecule has 0 spiro atoms. The van der Waals surface area contributed by atoms with Crippen LogP contribution in [-0.4, -0.2) is 18.4 Å². The Morgan fingerprint density at radius 1 is 1.21 bits per heavy atom. The normalized spacial score (nSPS) is 31.3. The lowest BCUT2D eigenvalue weighted by Crippen LogP contribution is -2.48. The third kappa shape index (κ3) is 1.29. The van der Waals surface area contributed by atoms with Gasteiger partial charge in [0, 0.05) is 12.3 Å². The maximum Gasteiger partial charge on any atom is 0.231 e. The molecule has 0 amide bonds. The van der Waals surface area contributed by atoms with Crippen LogP contribution in [0.3, 0.4) is 0 Å². The summed E-state index contributed by atoms with van der Waals surface area (Å²) in [6.45, 7) is 2.02. The first-order valence-electron chi connectivity index (χ1n) is 6.59. The zero-order valence-corrected chi connectivity index (χ0v) is 10.7. The van der Waals surface area contributed by atoms with Gasteiger partial charge in [0.05, 0.1) is 5.41 Å². The van der Waals surface area contributed by atoms with Crippen LogP contribution >= 0.6 is 0 Å². The molecule has 0 N–H and O–H groups in total. The minimum Gasteiger partial charge on any atom is -0.454 e. The van der Waals surface area contributed by atoms with Gasteiger partial charge in [-0.1, -0.05) is 0 Å². The Labute approximate surface area is 110 Å². The summed E-state index contributed by atoms with van der Waals surface area (Å²) in [7, 11) is 0. The van der Waals surface area contributed by atoms with Crippen molar-refractivity contribution in [1.82, 2.24) is 0 Å². The largest absolute Gasteiger partial charge is 0.454 e. The van der Waals surface area contributed by atoms with Gasteiger partial charge in [-0.05, 0) is 43.0 Å². The summed E-state index contributed by atoms with van der Waals surface area (Å²) in [5.41, 5.74) is 1.26. The Morgan fingerprint density at radius 3 is 2.74 bits per heavy atom. The summed E-state index contributed by atoms with van der Waals surface area (Å²) in [5, 5.41) is 0. The molecule has 4 nitrogen and oxygen atoms in total. The zero-order valence-electron chi connectivity index (χ0n) is 10.7. The van der Waals surface area contributed by atoms with Crippen LogP contribution in [0.1, 0.15) is 36.8 Å². The molecule has 1 heterocycles. The predicted molar refractivity (Wildman–Crippen MR) is 66.4 cm³/mol. The van der Waals surface area contributed by atoms with Crippen molar-refractivity contribution in [2.24, 2.45) is 5.41 Å². The lowest BCUT2D eigenvalue weighted by atomic mass is 9.59. The molecule has 1 aromatic carbocycles. The molecule has 0 unspecified atom stereocenters. The van der Waals surface area contributed by atoms with Gasteiger partial charge in [0.25, 0.3) is 0 Å². The number of carbonyl (C=O) groups is 2. The molecule has 1 saturated carbocycles. The number of Topliss-reactive ketones (excluding diaryl/α,β-unsaturated/α-hetero) is 2. The van der Waals surface area contributed by atoms with Crippen molar-refractivity contribution in [3.63, 3.8) is 0 Å². The van der Waals surface area contributed by atoms with Crippen LogP contribution in [0.25, 0.3) is 0 Å². The highest BCUT2D eigenvalue weighted by Crippen LogP contribution is 2.49. The van der Waals surface area contributed by atoms with E-state index in [1.807, 2.05) is 12.1 Å². The molecule has 1 aromatic rings. The number of ketones is 2. The van der Waals surface area contributed by atoms with E-state index in [1.165, 1.54) is 0 Å². The molecule has 2 aliphatic carbocycles. The number of fused-ring (bicyclic) bond motifs is 5. The van der Waals surface area contributed by atoms with E-state index in [4.69, 9.17) is 9.47 Å². The van der Waals surface area contributed by atoms with E-state index in [0.29, 0.717) is 25.0 Å². The lowest BCUT2D eigenvalue weighted by Gasteiger charge is -2.41. The average Bonchev–Trinajstić information content (AvgIpc) is 2.82. The van der Waals surface area contributed by atoms with Crippen LogP contribution in [0.5, 0.6) is 11.5 Å². The molecule has 0 aromatic heterocycles. The van der Waals surface area contributed by atoms with Gasteiger partial charge in [-0.25, -0.2) is 0 Å². The van der Waals surface area contributed by atoms with E-state index in [9.17, 15) is 9.59 Å². The van der Waals surface area contributed by atoms with Gasteiger partial charge in [0.15, 0.2) is 17.3 Å². The third-order valence-electron chi connectivity index (χ3n) is 4.69. The summed E-state index contributed by atoms with van der Waals surface area (Å²) < 4.78 is 10.8. The highest BCUT2D eigenvalue weighted by Gasteiger charge is 2.51. The number of carbonyl (C=O) groups excluding carboxylic acids is 2. The summed E-state index contributed by atoms with van der Waals surface area (Å²) in [4.78, 5) is 24.6. The Hall–Kier alpha value is -1.84. The van der Waals surface area contributed by atoms with E-state index < -0.39 is 5.41 Å². The van der Waals surface area contributed by atoms with Crippen molar-refractivity contribution in [3.8, 4) is 11.5 Å². The van der Waals surface area contributed by atoms with Gasteiger partial charge in [-0.15, -0.1) is 0 Å². The second kappa shape index (κ2) is 3.38. The smallest absolute Gasteiger partial charge is 0.231 e. The van der Waals surface area contributed by atoms with Gasteiger partial charge in [-0.2, -0.15) is 0 Å². The number of rotatable bonds is 0. The highest BCUT2D eigenvalue weighted by molar-refractivity contribution is 6.12. The van der Waals surface area contributed by atoms with Crippen molar-refractivity contribution >= 4 is 11.6 Å². The summed E-state index contributed by atoms with van der Waals surface area (Å²) in [5.74, 6) is 1.45. The molecule has 19 heavy (non-hydrogen) atoms. The number of hydrogen-bond donors (Lipinski definition) is 0. The summed E-state index contributed by atoms with van der Waals surface area (Å²) in [6, 6.07) is 3.86. The van der Waals surface area contributed by atoms with Gasteiger partial charge in [-0.3, -0.25) is 9.59 Å². The van der Waals surface area contributed by atoms with E-state index >= 15 is 0 Å². The first-order valence-corrected chi connectivity index (χ1v) is 6.59. The Morgan fingerprint density at radius 2 is 1.95 bits per heavy atom. The fourth-order valence-electron chi connectivity index (χ4n) is 3.54. The van der Waals surface area contributed by atoms with Crippen molar-refractivity contribution in [3.05, 3.63) is 23.3 Å². The van der Waals surface area contributed by atoms with Crippen molar-refractivity contribution in [2.45, 2.75) is 32.1 Å². The number of benzene rings is 1. The molecule has 0 saturated heterocycles. The van der Waals surface area contributed by atoms with Crippen LogP contribution in [0.2, 0.25) is 0 Å². The van der Waals surface area contributed by atoms with Crippen LogP contribution < -0.4 is 9.47 Å². The predicted octanol–water partition coefficient (Wildman–Crippen LogP) is 1.99. The molecule has 0 radical (unpaired) electrons. The fourth-order valence-corrected chi connectivity index (χ4v) is 3.54. The molecule has 98 valence electrons. The first kappa shape index (κ1) is 11.0. The monoisotopic (exact) mass is 258 g/mol. The highest BCUT2D eigenvalue weighted by atomic mass is 16.7. The number of ether oxygens (including phenoxy) is 2. The zero-order chi connectivity index (χ0) is 13.2. The van der Waals surface area contributed by atoms with Gasteiger partial charge in [0.2, 0.25) is 6.79 Å². The summed E-state index contributed by atoms with van der Waals surface area (Å²) in [6.07, 6.45) is 1.62. The molecule has 4 heteroatoms. The topological polar surface area (TPSA) is 52.6 Å².